The quantitative estimate of drug-likeness (QED) is 0.679. The first-order valence-corrected chi connectivity index (χ1v) is 8.03. The summed E-state index contributed by atoms with van der Waals surface area (Å²) in [5.41, 5.74) is 4.58. The van der Waals surface area contributed by atoms with Crippen LogP contribution >= 0.6 is 0 Å². The van der Waals surface area contributed by atoms with Gasteiger partial charge in [0.05, 0.1) is 22.9 Å². The normalized spacial score (nSPS) is 16.7. The fourth-order valence-corrected chi connectivity index (χ4v) is 3.19. The van der Waals surface area contributed by atoms with E-state index in [1.807, 2.05) is 47.4 Å². The smallest absolute Gasteiger partial charge is 0.251 e. The van der Waals surface area contributed by atoms with Crippen LogP contribution in [0.25, 0.3) is 17.1 Å². The van der Waals surface area contributed by atoms with E-state index in [1.165, 1.54) is 5.56 Å². The Bertz CT molecular complexity index is 948. The van der Waals surface area contributed by atoms with E-state index in [4.69, 9.17) is 0 Å². The number of rotatable bonds is 2. The standard InChI is InChI=1S/C20H17N3O/c1-14-12-15-6-2-5-9-19(15)23(14)20(24)11-10-16-13-21-17-7-3-4-8-18(17)22-16/h2-11,13-14H,12H2,1H3/b11-10+. The zero-order valence-electron chi connectivity index (χ0n) is 13.4. The molecule has 4 heteroatoms. The van der Waals surface area contributed by atoms with Gasteiger partial charge >= 0.3 is 0 Å². The van der Waals surface area contributed by atoms with Crippen molar-refractivity contribution in [1.82, 2.24) is 9.97 Å². The highest BCUT2D eigenvalue weighted by Gasteiger charge is 2.29. The first kappa shape index (κ1) is 14.6. The lowest BCUT2D eigenvalue weighted by Crippen LogP contribution is -2.34. The van der Waals surface area contributed by atoms with Gasteiger partial charge in [0.15, 0.2) is 0 Å². The van der Waals surface area contributed by atoms with Gasteiger partial charge in [-0.25, -0.2) is 4.98 Å². The molecule has 1 amide bonds. The van der Waals surface area contributed by atoms with Crippen molar-refractivity contribution in [3.63, 3.8) is 0 Å². The highest BCUT2D eigenvalue weighted by molar-refractivity contribution is 6.05. The average Bonchev–Trinajstić information content (AvgIpc) is 2.95. The van der Waals surface area contributed by atoms with Gasteiger partial charge in [-0.05, 0) is 43.2 Å². The maximum atomic E-state index is 12.6. The van der Waals surface area contributed by atoms with E-state index in [-0.39, 0.29) is 11.9 Å². The van der Waals surface area contributed by atoms with Gasteiger partial charge in [-0.3, -0.25) is 9.78 Å². The predicted molar refractivity (Wildman–Crippen MR) is 95.7 cm³/mol. The maximum absolute atomic E-state index is 12.6. The minimum absolute atomic E-state index is 0.0255. The molecule has 4 nitrogen and oxygen atoms in total. The van der Waals surface area contributed by atoms with Crippen LogP contribution in [0, 0.1) is 0 Å². The van der Waals surface area contributed by atoms with Crippen LogP contribution in [-0.2, 0) is 11.2 Å². The van der Waals surface area contributed by atoms with Gasteiger partial charge < -0.3 is 4.90 Å². The SMILES string of the molecule is CC1Cc2ccccc2N1C(=O)/C=C/c1cnc2ccccc2n1. The first-order valence-electron chi connectivity index (χ1n) is 8.03. The number of nitrogens with zero attached hydrogens (tertiary/aromatic N) is 3. The summed E-state index contributed by atoms with van der Waals surface area (Å²) in [7, 11) is 0. The van der Waals surface area contributed by atoms with Crippen molar-refractivity contribution < 1.29 is 4.79 Å². The van der Waals surface area contributed by atoms with Gasteiger partial charge in [0.1, 0.15) is 0 Å². The Hall–Kier alpha value is -3.01. The molecule has 0 fully saturated rings. The molecule has 0 spiro atoms. The van der Waals surface area contributed by atoms with Crippen molar-refractivity contribution >= 4 is 28.7 Å². The van der Waals surface area contributed by atoms with Crippen LogP contribution in [-0.4, -0.2) is 21.9 Å². The van der Waals surface area contributed by atoms with E-state index < -0.39 is 0 Å². The van der Waals surface area contributed by atoms with Crippen molar-refractivity contribution in [2.24, 2.45) is 0 Å². The van der Waals surface area contributed by atoms with E-state index in [2.05, 4.69) is 23.0 Å². The highest BCUT2D eigenvalue weighted by atomic mass is 16.2. The molecule has 3 aromatic rings. The van der Waals surface area contributed by atoms with Crippen molar-refractivity contribution in [3.8, 4) is 0 Å². The summed E-state index contributed by atoms with van der Waals surface area (Å²) in [5.74, 6) is -0.0255. The summed E-state index contributed by atoms with van der Waals surface area (Å²) in [6.45, 7) is 2.07. The fraction of sp³-hybridized carbons (Fsp3) is 0.150. The molecule has 24 heavy (non-hydrogen) atoms. The summed E-state index contributed by atoms with van der Waals surface area (Å²) >= 11 is 0. The van der Waals surface area contributed by atoms with E-state index in [0.29, 0.717) is 5.69 Å². The summed E-state index contributed by atoms with van der Waals surface area (Å²) < 4.78 is 0. The Labute approximate surface area is 140 Å². The Kier molecular flexibility index (Phi) is 3.58. The number of aromatic nitrogens is 2. The van der Waals surface area contributed by atoms with Gasteiger partial charge in [-0.2, -0.15) is 0 Å². The fourth-order valence-electron chi connectivity index (χ4n) is 3.19. The van der Waals surface area contributed by atoms with Crippen LogP contribution in [0.2, 0.25) is 0 Å². The Balaban J connectivity index is 1.60. The number of hydrogen-bond acceptors (Lipinski definition) is 3. The molecule has 1 aromatic heterocycles. The van der Waals surface area contributed by atoms with Crippen LogP contribution in [0.4, 0.5) is 5.69 Å². The minimum Gasteiger partial charge on any atom is -0.305 e. The largest absolute Gasteiger partial charge is 0.305 e. The summed E-state index contributed by atoms with van der Waals surface area (Å²) in [5, 5.41) is 0. The molecule has 1 aliphatic rings. The van der Waals surface area contributed by atoms with Crippen molar-refractivity contribution in [2.45, 2.75) is 19.4 Å². The average molecular weight is 315 g/mol. The molecule has 2 aromatic carbocycles. The topological polar surface area (TPSA) is 46.1 Å². The number of carbonyl (C=O) groups excluding carboxylic acids is 1. The number of anilines is 1. The van der Waals surface area contributed by atoms with Crippen LogP contribution in [0.3, 0.4) is 0 Å². The third-order valence-corrected chi connectivity index (χ3v) is 4.31. The molecule has 0 aliphatic carbocycles. The number of fused-ring (bicyclic) bond motifs is 2. The third-order valence-electron chi connectivity index (χ3n) is 4.31. The van der Waals surface area contributed by atoms with Crippen molar-refractivity contribution in [2.75, 3.05) is 4.90 Å². The predicted octanol–water partition coefficient (Wildman–Crippen LogP) is 3.62. The lowest BCUT2D eigenvalue weighted by Gasteiger charge is -2.20. The van der Waals surface area contributed by atoms with Crippen molar-refractivity contribution in [3.05, 3.63) is 72.1 Å². The molecule has 0 bridgehead atoms. The lowest BCUT2D eigenvalue weighted by atomic mass is 10.1. The second-order valence-corrected chi connectivity index (χ2v) is 6.01. The van der Waals surface area contributed by atoms with E-state index in [1.54, 1.807) is 18.3 Å². The van der Waals surface area contributed by atoms with E-state index in [9.17, 15) is 4.79 Å². The third kappa shape index (κ3) is 2.56. The second-order valence-electron chi connectivity index (χ2n) is 6.01. The number of amides is 1. The van der Waals surface area contributed by atoms with Gasteiger partial charge in [0, 0.05) is 17.8 Å². The molecule has 0 saturated carbocycles. The molecular formula is C20H17N3O. The van der Waals surface area contributed by atoms with Crippen LogP contribution < -0.4 is 4.90 Å². The monoisotopic (exact) mass is 315 g/mol. The van der Waals surface area contributed by atoms with Crippen LogP contribution in [0.5, 0.6) is 0 Å². The van der Waals surface area contributed by atoms with E-state index in [0.717, 1.165) is 23.1 Å². The Morgan fingerprint density at radius 2 is 1.88 bits per heavy atom. The molecule has 0 N–H and O–H groups in total. The molecule has 2 heterocycles. The molecular weight excluding hydrogens is 298 g/mol. The second kappa shape index (κ2) is 5.89. The summed E-state index contributed by atoms with van der Waals surface area (Å²) in [4.78, 5) is 23.4. The zero-order valence-corrected chi connectivity index (χ0v) is 13.4. The van der Waals surface area contributed by atoms with E-state index >= 15 is 0 Å². The van der Waals surface area contributed by atoms with Gasteiger partial charge in [0.2, 0.25) is 0 Å². The molecule has 1 aliphatic heterocycles. The van der Waals surface area contributed by atoms with Crippen LogP contribution in [0.15, 0.2) is 60.8 Å². The molecule has 1 atom stereocenters. The lowest BCUT2D eigenvalue weighted by molar-refractivity contribution is -0.114. The van der Waals surface area contributed by atoms with Crippen LogP contribution in [0.1, 0.15) is 18.2 Å². The summed E-state index contributed by atoms with van der Waals surface area (Å²) in [6.07, 6.45) is 5.89. The molecule has 0 saturated heterocycles. The number of benzene rings is 2. The number of carbonyl (C=O) groups is 1. The molecule has 4 rings (SSSR count). The molecule has 0 radical (unpaired) electrons. The molecule has 118 valence electrons. The maximum Gasteiger partial charge on any atom is 0.251 e. The summed E-state index contributed by atoms with van der Waals surface area (Å²) in [6, 6.07) is 15.9. The Morgan fingerprint density at radius 1 is 1.12 bits per heavy atom. The Morgan fingerprint density at radius 3 is 2.75 bits per heavy atom. The molecule has 1 unspecified atom stereocenters. The number of para-hydroxylation sites is 3. The van der Waals surface area contributed by atoms with Gasteiger partial charge in [0.25, 0.3) is 5.91 Å². The van der Waals surface area contributed by atoms with Gasteiger partial charge in [-0.15, -0.1) is 0 Å². The number of hydrogen-bond donors (Lipinski definition) is 0. The highest BCUT2D eigenvalue weighted by Crippen LogP contribution is 2.31. The van der Waals surface area contributed by atoms with Crippen molar-refractivity contribution in [1.29, 1.82) is 0 Å². The van der Waals surface area contributed by atoms with Gasteiger partial charge in [-0.1, -0.05) is 30.3 Å². The minimum atomic E-state index is -0.0255. The first-order chi connectivity index (χ1) is 11.7. The zero-order chi connectivity index (χ0) is 16.5.